The van der Waals surface area contributed by atoms with E-state index in [1.54, 1.807) is 17.0 Å². The van der Waals surface area contributed by atoms with Crippen molar-refractivity contribution in [2.45, 2.75) is 13.0 Å². The highest BCUT2D eigenvalue weighted by molar-refractivity contribution is 5.91. The Hall–Kier alpha value is -3.13. The second kappa shape index (κ2) is 10.4. The average molecular weight is 398 g/mol. The van der Waals surface area contributed by atoms with Gasteiger partial charge in [-0.15, -0.1) is 0 Å². The molecular formula is C21H26N4O4. The number of amides is 3. The number of hydrogen-bond acceptors (Lipinski definition) is 5. The molecule has 8 heteroatoms. The van der Waals surface area contributed by atoms with Crippen LogP contribution in [0.1, 0.15) is 22.5 Å². The Morgan fingerprint density at radius 2 is 1.69 bits per heavy atom. The van der Waals surface area contributed by atoms with Crippen LogP contribution in [0.2, 0.25) is 0 Å². The van der Waals surface area contributed by atoms with E-state index >= 15 is 0 Å². The highest BCUT2D eigenvalue weighted by atomic mass is 16.3. The largest absolute Gasteiger partial charge is 0.459 e. The van der Waals surface area contributed by atoms with E-state index in [2.05, 4.69) is 10.6 Å². The number of nitrogens with one attached hydrogen (secondary N) is 2. The number of benzene rings is 1. The Morgan fingerprint density at radius 3 is 2.38 bits per heavy atom. The standard InChI is InChI=1S/C21H26N4O4/c26-19(23-15-17-5-2-1-3-6-17)16-24-10-12-25(13-11-24)20(27)8-9-22-21(28)18-7-4-14-29-18/h1-7,14H,8-13,15-16H2,(H,22,28)(H,23,26). The first-order chi connectivity index (χ1) is 14.1. The highest BCUT2D eigenvalue weighted by Crippen LogP contribution is 2.05. The van der Waals surface area contributed by atoms with Crippen LogP contribution in [0, 0.1) is 0 Å². The summed E-state index contributed by atoms with van der Waals surface area (Å²) in [5, 5.41) is 5.60. The Kier molecular flexibility index (Phi) is 7.40. The predicted octanol–water partition coefficient (Wildman–Crippen LogP) is 0.860. The van der Waals surface area contributed by atoms with E-state index in [1.807, 2.05) is 35.2 Å². The molecule has 1 saturated heterocycles. The number of piperazine rings is 1. The lowest BCUT2D eigenvalue weighted by Gasteiger charge is -2.34. The molecule has 0 saturated carbocycles. The van der Waals surface area contributed by atoms with Crippen LogP contribution in [0.5, 0.6) is 0 Å². The van der Waals surface area contributed by atoms with E-state index in [-0.39, 0.29) is 36.4 Å². The number of nitrogens with zero attached hydrogens (tertiary/aromatic N) is 2. The summed E-state index contributed by atoms with van der Waals surface area (Å²) in [4.78, 5) is 40.0. The molecule has 0 unspecified atom stereocenters. The van der Waals surface area contributed by atoms with Crippen LogP contribution in [0.3, 0.4) is 0 Å². The molecule has 2 N–H and O–H groups in total. The lowest BCUT2D eigenvalue weighted by molar-refractivity contribution is -0.133. The van der Waals surface area contributed by atoms with Gasteiger partial charge in [-0.3, -0.25) is 19.3 Å². The fraction of sp³-hybridized carbons (Fsp3) is 0.381. The van der Waals surface area contributed by atoms with Crippen LogP contribution in [-0.2, 0) is 16.1 Å². The van der Waals surface area contributed by atoms with Gasteiger partial charge in [0.15, 0.2) is 5.76 Å². The van der Waals surface area contributed by atoms with Gasteiger partial charge in [0, 0.05) is 45.7 Å². The first kappa shape index (κ1) is 20.6. The van der Waals surface area contributed by atoms with Crippen LogP contribution in [0.4, 0.5) is 0 Å². The van der Waals surface area contributed by atoms with Gasteiger partial charge in [-0.2, -0.15) is 0 Å². The maximum absolute atomic E-state index is 12.3. The average Bonchev–Trinajstić information content (AvgIpc) is 3.28. The third kappa shape index (κ3) is 6.46. The molecule has 0 spiro atoms. The highest BCUT2D eigenvalue weighted by Gasteiger charge is 2.22. The summed E-state index contributed by atoms with van der Waals surface area (Å²) < 4.78 is 5.01. The summed E-state index contributed by atoms with van der Waals surface area (Å²) in [5.41, 5.74) is 1.07. The van der Waals surface area contributed by atoms with E-state index in [0.29, 0.717) is 39.3 Å². The topological polar surface area (TPSA) is 94.9 Å². The number of carbonyl (C=O) groups is 3. The van der Waals surface area contributed by atoms with Gasteiger partial charge in [-0.05, 0) is 17.7 Å². The van der Waals surface area contributed by atoms with Gasteiger partial charge in [-0.1, -0.05) is 30.3 Å². The molecule has 3 rings (SSSR count). The maximum Gasteiger partial charge on any atom is 0.286 e. The summed E-state index contributed by atoms with van der Waals surface area (Å²) in [7, 11) is 0. The normalized spacial score (nSPS) is 14.4. The Labute approximate surface area is 169 Å². The molecular weight excluding hydrogens is 372 g/mol. The molecule has 1 fully saturated rings. The molecule has 3 amide bonds. The minimum Gasteiger partial charge on any atom is -0.459 e. The minimum absolute atomic E-state index is 0.00192. The number of hydrogen-bond donors (Lipinski definition) is 2. The van der Waals surface area contributed by atoms with Crippen LogP contribution in [-0.4, -0.2) is 66.8 Å². The molecule has 2 heterocycles. The van der Waals surface area contributed by atoms with Gasteiger partial charge in [0.1, 0.15) is 0 Å². The molecule has 154 valence electrons. The van der Waals surface area contributed by atoms with Crippen molar-refractivity contribution >= 4 is 17.7 Å². The molecule has 0 bridgehead atoms. The Bertz CT molecular complexity index is 799. The molecule has 1 aliphatic rings. The molecule has 0 atom stereocenters. The SMILES string of the molecule is O=C(CN1CCN(C(=O)CCNC(=O)c2ccco2)CC1)NCc1ccccc1. The molecule has 1 aliphatic heterocycles. The zero-order chi connectivity index (χ0) is 20.5. The summed E-state index contributed by atoms with van der Waals surface area (Å²) >= 11 is 0. The van der Waals surface area contributed by atoms with E-state index in [0.717, 1.165) is 5.56 Å². The first-order valence-corrected chi connectivity index (χ1v) is 9.74. The lowest BCUT2D eigenvalue weighted by Crippen LogP contribution is -2.51. The van der Waals surface area contributed by atoms with Crippen LogP contribution in [0.25, 0.3) is 0 Å². The van der Waals surface area contributed by atoms with Crippen LogP contribution < -0.4 is 10.6 Å². The number of rotatable bonds is 8. The van der Waals surface area contributed by atoms with Crippen molar-refractivity contribution in [2.24, 2.45) is 0 Å². The Balaban J connectivity index is 1.30. The lowest BCUT2D eigenvalue weighted by atomic mass is 10.2. The molecule has 1 aromatic carbocycles. The summed E-state index contributed by atoms with van der Waals surface area (Å²) in [5.74, 6) is -0.113. The van der Waals surface area contributed by atoms with E-state index in [9.17, 15) is 14.4 Å². The van der Waals surface area contributed by atoms with Gasteiger partial charge < -0.3 is 20.0 Å². The van der Waals surface area contributed by atoms with Crippen molar-refractivity contribution in [2.75, 3.05) is 39.3 Å². The van der Waals surface area contributed by atoms with Crippen molar-refractivity contribution in [3.63, 3.8) is 0 Å². The van der Waals surface area contributed by atoms with Crippen LogP contribution in [0.15, 0.2) is 53.1 Å². The van der Waals surface area contributed by atoms with Gasteiger partial charge in [0.2, 0.25) is 11.8 Å². The molecule has 2 aromatic rings. The number of carbonyl (C=O) groups excluding carboxylic acids is 3. The second-order valence-corrected chi connectivity index (χ2v) is 6.90. The molecule has 0 radical (unpaired) electrons. The molecule has 1 aromatic heterocycles. The van der Waals surface area contributed by atoms with Crippen molar-refractivity contribution in [1.29, 1.82) is 0 Å². The maximum atomic E-state index is 12.3. The summed E-state index contributed by atoms with van der Waals surface area (Å²) in [6.45, 7) is 3.58. The molecule has 29 heavy (non-hydrogen) atoms. The van der Waals surface area contributed by atoms with Crippen molar-refractivity contribution < 1.29 is 18.8 Å². The third-order valence-electron chi connectivity index (χ3n) is 4.79. The second-order valence-electron chi connectivity index (χ2n) is 6.90. The summed E-state index contributed by atoms with van der Waals surface area (Å²) in [6, 6.07) is 13.0. The van der Waals surface area contributed by atoms with Crippen molar-refractivity contribution in [3.05, 3.63) is 60.1 Å². The third-order valence-corrected chi connectivity index (χ3v) is 4.79. The van der Waals surface area contributed by atoms with Crippen LogP contribution >= 0.6 is 0 Å². The van der Waals surface area contributed by atoms with Crippen molar-refractivity contribution in [3.8, 4) is 0 Å². The van der Waals surface area contributed by atoms with Gasteiger partial charge >= 0.3 is 0 Å². The summed E-state index contributed by atoms with van der Waals surface area (Å²) in [6.07, 6.45) is 1.67. The fourth-order valence-corrected chi connectivity index (χ4v) is 3.15. The van der Waals surface area contributed by atoms with Crippen molar-refractivity contribution in [1.82, 2.24) is 20.4 Å². The molecule has 8 nitrogen and oxygen atoms in total. The fourth-order valence-electron chi connectivity index (χ4n) is 3.15. The van der Waals surface area contributed by atoms with Gasteiger partial charge in [0.05, 0.1) is 12.8 Å². The zero-order valence-electron chi connectivity index (χ0n) is 16.3. The monoisotopic (exact) mass is 398 g/mol. The smallest absolute Gasteiger partial charge is 0.286 e. The first-order valence-electron chi connectivity index (χ1n) is 9.74. The minimum atomic E-state index is -0.325. The Morgan fingerprint density at radius 1 is 0.931 bits per heavy atom. The zero-order valence-corrected chi connectivity index (χ0v) is 16.3. The van der Waals surface area contributed by atoms with Gasteiger partial charge in [-0.25, -0.2) is 0 Å². The number of furan rings is 1. The molecule has 0 aliphatic carbocycles. The predicted molar refractivity (Wildman–Crippen MR) is 107 cm³/mol. The van der Waals surface area contributed by atoms with Gasteiger partial charge in [0.25, 0.3) is 5.91 Å². The van der Waals surface area contributed by atoms with E-state index in [1.165, 1.54) is 6.26 Å². The van der Waals surface area contributed by atoms with E-state index < -0.39 is 0 Å². The van der Waals surface area contributed by atoms with E-state index in [4.69, 9.17) is 4.42 Å². The quantitative estimate of drug-likeness (QED) is 0.688.